The monoisotopic (exact) mass is 407 g/mol. The Morgan fingerprint density at radius 1 is 1.07 bits per heavy atom. The molecule has 0 amide bonds. The molecule has 0 heterocycles. The van der Waals surface area contributed by atoms with Crippen LogP contribution in [0.4, 0.5) is 0 Å². The Labute approximate surface area is 178 Å². The molecule has 0 spiro atoms. The molecule has 0 N–H and O–H groups in total. The lowest BCUT2D eigenvalue weighted by molar-refractivity contribution is -0.147. The van der Waals surface area contributed by atoms with Crippen molar-refractivity contribution >= 4 is 12.2 Å². The molecule has 2 atom stereocenters. The molecule has 0 aromatic heterocycles. The van der Waals surface area contributed by atoms with Crippen LogP contribution in [0.15, 0.2) is 59.8 Å². The first kappa shape index (κ1) is 20.5. The van der Waals surface area contributed by atoms with Gasteiger partial charge < -0.3 is 14.3 Å². The summed E-state index contributed by atoms with van der Waals surface area (Å²) in [7, 11) is 0. The maximum absolute atomic E-state index is 12.6. The number of carbonyl (C=O) groups is 1. The van der Waals surface area contributed by atoms with Crippen LogP contribution in [0.25, 0.3) is 0 Å². The van der Waals surface area contributed by atoms with E-state index in [0.29, 0.717) is 0 Å². The van der Waals surface area contributed by atoms with Crippen LogP contribution in [0, 0.1) is 17.3 Å². The van der Waals surface area contributed by atoms with Gasteiger partial charge in [0.2, 0.25) is 0 Å². The molecule has 0 bridgehead atoms. The number of carbonyl (C=O) groups excluding carboxylic acids is 1. The van der Waals surface area contributed by atoms with Gasteiger partial charge in [0.25, 0.3) is 0 Å². The van der Waals surface area contributed by atoms with E-state index in [4.69, 9.17) is 14.3 Å². The summed E-state index contributed by atoms with van der Waals surface area (Å²) >= 11 is 0. The predicted octanol–water partition coefficient (Wildman–Crippen LogP) is 5.74. The lowest BCUT2D eigenvalue weighted by Gasteiger charge is -2.09. The summed E-state index contributed by atoms with van der Waals surface area (Å²) in [5.41, 5.74) is 0.739. The molecule has 0 radical (unpaired) electrons. The third-order valence-corrected chi connectivity index (χ3v) is 6.16. The Bertz CT molecular complexity index is 887. The molecule has 2 aromatic rings. The second kappa shape index (κ2) is 8.90. The summed E-state index contributed by atoms with van der Waals surface area (Å²) in [4.78, 5) is 18.2. The fraction of sp³-hybridized carbons (Fsp3) is 0.440. The van der Waals surface area contributed by atoms with Crippen molar-refractivity contribution in [3.8, 4) is 11.5 Å². The highest BCUT2D eigenvalue weighted by molar-refractivity contribution is 5.85. The van der Waals surface area contributed by atoms with Gasteiger partial charge in [-0.05, 0) is 60.9 Å². The molecule has 2 aliphatic rings. The molecule has 2 fully saturated rings. The summed E-state index contributed by atoms with van der Waals surface area (Å²) in [6.45, 7) is 4.36. The molecule has 2 aliphatic carbocycles. The van der Waals surface area contributed by atoms with Crippen LogP contribution < -0.4 is 4.74 Å². The molecule has 5 heteroatoms. The van der Waals surface area contributed by atoms with Gasteiger partial charge in [0.05, 0.1) is 5.92 Å². The van der Waals surface area contributed by atoms with Crippen molar-refractivity contribution in [1.29, 1.82) is 0 Å². The molecule has 0 aliphatic heterocycles. The van der Waals surface area contributed by atoms with E-state index in [1.807, 2.05) is 54.6 Å². The van der Waals surface area contributed by atoms with Crippen LogP contribution in [-0.2, 0) is 21.0 Å². The third kappa shape index (κ3) is 4.84. The first-order valence-corrected chi connectivity index (χ1v) is 10.7. The van der Waals surface area contributed by atoms with Gasteiger partial charge in [-0.25, -0.2) is 0 Å². The molecular weight excluding hydrogens is 378 g/mol. The number of rotatable bonds is 8. The Morgan fingerprint density at radius 2 is 1.80 bits per heavy atom. The van der Waals surface area contributed by atoms with E-state index in [1.165, 1.54) is 12.8 Å². The van der Waals surface area contributed by atoms with Crippen LogP contribution in [0.1, 0.15) is 45.1 Å². The summed E-state index contributed by atoms with van der Waals surface area (Å²) in [5, 5.41) is 4.16. The summed E-state index contributed by atoms with van der Waals surface area (Å²) in [6.07, 6.45) is 6.59. The van der Waals surface area contributed by atoms with Crippen molar-refractivity contribution in [3.05, 3.63) is 60.2 Å². The van der Waals surface area contributed by atoms with E-state index < -0.39 is 0 Å². The van der Waals surface area contributed by atoms with Crippen molar-refractivity contribution in [2.75, 3.05) is 0 Å². The lowest BCUT2D eigenvalue weighted by atomic mass is 10.1. The SMILES string of the molecule is CC1(C)[C@H](C=NOC2CCCC2)[C@H]1C(=O)OCc1cccc(Oc2ccccc2)c1. The van der Waals surface area contributed by atoms with Crippen LogP contribution in [0.5, 0.6) is 11.5 Å². The molecule has 0 saturated heterocycles. The maximum Gasteiger partial charge on any atom is 0.310 e. The van der Waals surface area contributed by atoms with Crippen LogP contribution in [0.3, 0.4) is 0 Å². The molecule has 158 valence electrons. The minimum Gasteiger partial charge on any atom is -0.461 e. The summed E-state index contributed by atoms with van der Waals surface area (Å²) in [5.74, 6) is 1.17. The highest BCUT2D eigenvalue weighted by Crippen LogP contribution is 2.57. The quantitative estimate of drug-likeness (QED) is 0.318. The maximum atomic E-state index is 12.6. The number of hydrogen-bond acceptors (Lipinski definition) is 5. The first-order valence-electron chi connectivity index (χ1n) is 10.7. The Balaban J connectivity index is 1.29. The van der Waals surface area contributed by atoms with Gasteiger partial charge in [0, 0.05) is 12.1 Å². The van der Waals surface area contributed by atoms with Crippen molar-refractivity contribution in [2.24, 2.45) is 22.4 Å². The highest BCUT2D eigenvalue weighted by atomic mass is 16.6. The topological polar surface area (TPSA) is 57.1 Å². The van der Waals surface area contributed by atoms with Gasteiger partial charge in [0.1, 0.15) is 24.2 Å². The average Bonchev–Trinajstić information content (AvgIpc) is 3.07. The van der Waals surface area contributed by atoms with Crippen LogP contribution in [-0.4, -0.2) is 18.3 Å². The predicted molar refractivity (Wildman–Crippen MR) is 115 cm³/mol. The lowest BCUT2D eigenvalue weighted by Crippen LogP contribution is -2.11. The van der Waals surface area contributed by atoms with Gasteiger partial charge in [-0.3, -0.25) is 4.79 Å². The molecule has 2 aromatic carbocycles. The van der Waals surface area contributed by atoms with Crippen molar-refractivity contribution < 1.29 is 19.1 Å². The average molecular weight is 408 g/mol. The minimum atomic E-state index is -0.188. The second-order valence-corrected chi connectivity index (χ2v) is 8.76. The van der Waals surface area contributed by atoms with Crippen molar-refractivity contribution in [1.82, 2.24) is 0 Å². The molecule has 2 saturated carbocycles. The number of oxime groups is 1. The first-order chi connectivity index (χ1) is 14.5. The number of nitrogens with zero attached hydrogens (tertiary/aromatic N) is 1. The van der Waals surface area contributed by atoms with Crippen molar-refractivity contribution in [3.63, 3.8) is 0 Å². The zero-order valence-corrected chi connectivity index (χ0v) is 17.6. The fourth-order valence-corrected chi connectivity index (χ4v) is 4.15. The third-order valence-electron chi connectivity index (χ3n) is 6.16. The molecule has 4 rings (SSSR count). The number of ether oxygens (including phenoxy) is 2. The normalized spacial score (nSPS) is 22.7. The van der Waals surface area contributed by atoms with E-state index in [2.05, 4.69) is 19.0 Å². The van der Waals surface area contributed by atoms with E-state index in [1.54, 1.807) is 6.21 Å². The van der Waals surface area contributed by atoms with Gasteiger partial charge >= 0.3 is 5.97 Å². The summed E-state index contributed by atoms with van der Waals surface area (Å²) in [6, 6.07) is 17.2. The van der Waals surface area contributed by atoms with E-state index >= 15 is 0 Å². The fourth-order valence-electron chi connectivity index (χ4n) is 4.15. The smallest absolute Gasteiger partial charge is 0.310 e. The van der Waals surface area contributed by atoms with Gasteiger partial charge in [-0.2, -0.15) is 0 Å². The largest absolute Gasteiger partial charge is 0.461 e. The Hall–Kier alpha value is -2.82. The summed E-state index contributed by atoms with van der Waals surface area (Å²) < 4.78 is 11.5. The molecule has 30 heavy (non-hydrogen) atoms. The molecule has 0 unspecified atom stereocenters. The van der Waals surface area contributed by atoms with Crippen LogP contribution >= 0.6 is 0 Å². The Morgan fingerprint density at radius 3 is 2.57 bits per heavy atom. The number of para-hydroxylation sites is 1. The van der Waals surface area contributed by atoms with E-state index in [0.717, 1.165) is 29.9 Å². The zero-order valence-electron chi connectivity index (χ0n) is 17.6. The zero-order chi connectivity index (χ0) is 21.0. The van der Waals surface area contributed by atoms with Gasteiger partial charge in [-0.15, -0.1) is 0 Å². The number of hydrogen-bond donors (Lipinski definition) is 0. The molecular formula is C25H29NO4. The number of benzene rings is 2. The minimum absolute atomic E-state index is 0.0548. The number of esters is 1. The highest BCUT2D eigenvalue weighted by Gasteiger charge is 2.62. The van der Waals surface area contributed by atoms with E-state index in [-0.39, 0.29) is 35.9 Å². The van der Waals surface area contributed by atoms with E-state index in [9.17, 15) is 4.79 Å². The standard InChI is InChI=1S/C25H29NO4/c1-25(2)22(16-26-30-20-12-6-7-13-20)23(25)24(27)28-17-18-9-8-14-21(15-18)29-19-10-4-3-5-11-19/h3-5,8-11,14-16,20,22-23H,6-7,12-13,17H2,1-2H3/t22-,23+/m1/s1. The van der Waals surface area contributed by atoms with Gasteiger partial charge in [-0.1, -0.05) is 49.3 Å². The van der Waals surface area contributed by atoms with Crippen molar-refractivity contribution in [2.45, 2.75) is 52.2 Å². The van der Waals surface area contributed by atoms with Gasteiger partial charge in [0.15, 0.2) is 0 Å². The molecule has 5 nitrogen and oxygen atoms in total. The second-order valence-electron chi connectivity index (χ2n) is 8.76. The van der Waals surface area contributed by atoms with Crippen LogP contribution in [0.2, 0.25) is 0 Å². The Kier molecular flexibility index (Phi) is 6.07.